The first-order chi connectivity index (χ1) is 12.5. The molecule has 0 saturated carbocycles. The zero-order valence-corrected chi connectivity index (χ0v) is 15.3. The van der Waals surface area contributed by atoms with Crippen LogP contribution in [0.2, 0.25) is 0 Å². The van der Waals surface area contributed by atoms with Crippen molar-refractivity contribution in [3.8, 4) is 11.5 Å². The number of nitrogens with one attached hydrogen (secondary N) is 1. The number of ether oxygens (including phenoxy) is 2. The number of likely N-dealkylation sites (N-methyl/N-ethyl adjacent to an activating group) is 1. The van der Waals surface area contributed by atoms with Crippen LogP contribution in [0.3, 0.4) is 0 Å². The molecular weight excluding hydrogens is 332 g/mol. The number of carbonyl (C=O) groups excluding carboxylic acids is 1. The number of hydrogen-bond donors (Lipinski definition) is 2. The van der Waals surface area contributed by atoms with E-state index in [2.05, 4.69) is 17.3 Å². The second kappa shape index (κ2) is 7.66. The van der Waals surface area contributed by atoms with Crippen LogP contribution in [0.5, 0.6) is 11.5 Å². The highest BCUT2D eigenvalue weighted by molar-refractivity contribution is 5.97. The lowest BCUT2D eigenvalue weighted by Crippen LogP contribution is -2.28. The van der Waals surface area contributed by atoms with Gasteiger partial charge in [-0.05, 0) is 35.7 Å². The van der Waals surface area contributed by atoms with Gasteiger partial charge in [-0.25, -0.2) is 0 Å². The molecule has 2 N–H and O–H groups in total. The molecule has 0 aliphatic carbocycles. The van der Waals surface area contributed by atoms with E-state index in [4.69, 9.17) is 9.47 Å². The van der Waals surface area contributed by atoms with E-state index in [1.54, 1.807) is 18.2 Å². The predicted octanol–water partition coefficient (Wildman–Crippen LogP) is 2.16. The molecule has 1 heterocycles. The molecule has 0 aromatic heterocycles. The monoisotopic (exact) mass is 356 g/mol. The summed E-state index contributed by atoms with van der Waals surface area (Å²) in [5, 5.41) is 13.2. The number of amides is 1. The van der Waals surface area contributed by atoms with Gasteiger partial charge in [0.2, 0.25) is 0 Å². The number of para-hydroxylation sites is 1. The minimum atomic E-state index is -0.772. The van der Waals surface area contributed by atoms with Gasteiger partial charge in [-0.2, -0.15) is 0 Å². The molecule has 6 nitrogen and oxygen atoms in total. The first-order valence-corrected chi connectivity index (χ1v) is 8.56. The van der Waals surface area contributed by atoms with Gasteiger partial charge < -0.3 is 24.8 Å². The lowest BCUT2D eigenvalue weighted by molar-refractivity contribution is 0.0912. The molecule has 1 aliphatic rings. The van der Waals surface area contributed by atoms with Crippen molar-refractivity contribution in [2.45, 2.75) is 12.5 Å². The smallest absolute Gasteiger partial charge is 0.255 e. The van der Waals surface area contributed by atoms with Crippen LogP contribution in [0.15, 0.2) is 36.4 Å². The van der Waals surface area contributed by atoms with Gasteiger partial charge in [0.15, 0.2) is 11.5 Å². The number of hydrogen-bond acceptors (Lipinski definition) is 5. The molecule has 3 rings (SSSR count). The minimum absolute atomic E-state index is 0.119. The van der Waals surface area contributed by atoms with Crippen molar-refractivity contribution >= 4 is 11.6 Å². The first kappa shape index (κ1) is 18.1. The summed E-state index contributed by atoms with van der Waals surface area (Å²) in [6.07, 6.45) is 0.200. The average Bonchev–Trinajstić information content (AvgIpc) is 3.05. The van der Waals surface area contributed by atoms with E-state index in [1.165, 1.54) is 25.5 Å². The molecule has 138 valence electrons. The molecule has 0 radical (unpaired) electrons. The maximum absolute atomic E-state index is 12.5. The van der Waals surface area contributed by atoms with E-state index in [0.717, 1.165) is 18.5 Å². The third-order valence-electron chi connectivity index (χ3n) is 4.72. The fourth-order valence-electron chi connectivity index (χ4n) is 3.26. The fourth-order valence-corrected chi connectivity index (χ4v) is 3.26. The van der Waals surface area contributed by atoms with Crippen molar-refractivity contribution in [3.05, 3.63) is 53.1 Å². The molecule has 1 amide bonds. The van der Waals surface area contributed by atoms with Gasteiger partial charge in [-0.1, -0.05) is 18.2 Å². The van der Waals surface area contributed by atoms with Gasteiger partial charge in [-0.15, -0.1) is 0 Å². The second-order valence-electron chi connectivity index (χ2n) is 6.33. The molecule has 1 aliphatic heterocycles. The lowest BCUT2D eigenvalue weighted by Gasteiger charge is -2.16. The van der Waals surface area contributed by atoms with Crippen molar-refractivity contribution in [3.63, 3.8) is 0 Å². The van der Waals surface area contributed by atoms with E-state index in [9.17, 15) is 9.90 Å². The summed E-state index contributed by atoms with van der Waals surface area (Å²) in [5.41, 5.74) is 3.60. The van der Waals surface area contributed by atoms with Gasteiger partial charge in [0.25, 0.3) is 5.91 Å². The molecule has 6 heteroatoms. The topological polar surface area (TPSA) is 71.0 Å². The Morgan fingerprint density at radius 3 is 2.81 bits per heavy atom. The van der Waals surface area contributed by atoms with Crippen LogP contribution in [0.4, 0.5) is 5.69 Å². The second-order valence-corrected chi connectivity index (χ2v) is 6.33. The normalized spacial score (nSPS) is 13.9. The first-order valence-electron chi connectivity index (χ1n) is 8.56. The maximum atomic E-state index is 12.5. The number of rotatable bonds is 6. The van der Waals surface area contributed by atoms with Crippen LogP contribution in [0.25, 0.3) is 0 Å². The van der Waals surface area contributed by atoms with Crippen LogP contribution in [0.1, 0.15) is 27.6 Å². The summed E-state index contributed by atoms with van der Waals surface area (Å²) in [6.45, 7) is 1.11. The summed E-state index contributed by atoms with van der Waals surface area (Å²) in [7, 11) is 5.07. The van der Waals surface area contributed by atoms with E-state index >= 15 is 0 Å². The quantitative estimate of drug-likeness (QED) is 0.830. The van der Waals surface area contributed by atoms with Crippen molar-refractivity contribution in [2.24, 2.45) is 0 Å². The Bertz CT molecular complexity index is 806. The molecule has 0 fully saturated rings. The molecule has 2 aromatic carbocycles. The number of nitrogens with zero attached hydrogens (tertiary/aromatic N) is 1. The molecule has 0 spiro atoms. The summed E-state index contributed by atoms with van der Waals surface area (Å²) in [6, 6.07) is 11.1. The van der Waals surface area contributed by atoms with Crippen molar-refractivity contribution in [1.29, 1.82) is 0 Å². The number of carbonyl (C=O) groups is 1. The minimum Gasteiger partial charge on any atom is -0.493 e. The van der Waals surface area contributed by atoms with Crippen molar-refractivity contribution in [2.75, 3.05) is 39.3 Å². The number of fused-ring (bicyclic) bond motifs is 1. The van der Waals surface area contributed by atoms with Crippen molar-refractivity contribution in [1.82, 2.24) is 5.32 Å². The third kappa shape index (κ3) is 3.46. The Hall–Kier alpha value is -2.73. The molecule has 26 heavy (non-hydrogen) atoms. The average molecular weight is 356 g/mol. The van der Waals surface area contributed by atoms with Gasteiger partial charge >= 0.3 is 0 Å². The number of benzene rings is 2. The molecule has 1 atom stereocenters. The third-order valence-corrected chi connectivity index (χ3v) is 4.72. The summed E-state index contributed by atoms with van der Waals surface area (Å²) in [5.74, 6) is 0.548. The molecular formula is C20H24N2O4. The van der Waals surface area contributed by atoms with E-state index < -0.39 is 6.10 Å². The Balaban J connectivity index is 1.68. The highest BCUT2D eigenvalue weighted by Gasteiger charge is 2.20. The van der Waals surface area contributed by atoms with E-state index in [0.29, 0.717) is 17.1 Å². The van der Waals surface area contributed by atoms with E-state index in [-0.39, 0.29) is 12.5 Å². The molecule has 2 aromatic rings. The van der Waals surface area contributed by atoms with Gasteiger partial charge in [-0.3, -0.25) is 4.79 Å². The van der Waals surface area contributed by atoms with E-state index in [1.807, 2.05) is 18.2 Å². The number of aliphatic hydroxyl groups is 1. The highest BCUT2D eigenvalue weighted by Crippen LogP contribution is 2.31. The SMILES string of the molecule is COc1cccc(C(=O)NCC(O)c2ccc3c(c2)CCN3C)c1OC. The summed E-state index contributed by atoms with van der Waals surface area (Å²) < 4.78 is 10.5. The summed E-state index contributed by atoms with van der Waals surface area (Å²) >= 11 is 0. The number of methoxy groups -OCH3 is 2. The Labute approximate surface area is 153 Å². The molecule has 1 unspecified atom stereocenters. The predicted molar refractivity (Wildman–Crippen MR) is 100 cm³/mol. The lowest BCUT2D eigenvalue weighted by atomic mass is 10.0. The zero-order valence-electron chi connectivity index (χ0n) is 15.3. The Morgan fingerprint density at radius 2 is 2.08 bits per heavy atom. The molecule has 0 bridgehead atoms. The van der Waals surface area contributed by atoms with Crippen LogP contribution in [-0.2, 0) is 6.42 Å². The zero-order chi connectivity index (χ0) is 18.7. The van der Waals surface area contributed by atoms with Crippen LogP contribution >= 0.6 is 0 Å². The van der Waals surface area contributed by atoms with Crippen molar-refractivity contribution < 1.29 is 19.4 Å². The largest absolute Gasteiger partial charge is 0.493 e. The van der Waals surface area contributed by atoms with Gasteiger partial charge in [0.1, 0.15) is 0 Å². The number of aliphatic hydroxyl groups excluding tert-OH is 1. The maximum Gasteiger partial charge on any atom is 0.255 e. The highest BCUT2D eigenvalue weighted by atomic mass is 16.5. The van der Waals surface area contributed by atoms with Gasteiger partial charge in [0, 0.05) is 25.8 Å². The Morgan fingerprint density at radius 1 is 1.27 bits per heavy atom. The Kier molecular flexibility index (Phi) is 5.32. The fraction of sp³-hybridized carbons (Fsp3) is 0.350. The summed E-state index contributed by atoms with van der Waals surface area (Å²) in [4.78, 5) is 14.7. The number of anilines is 1. The van der Waals surface area contributed by atoms with Crippen LogP contribution in [-0.4, -0.2) is 45.4 Å². The van der Waals surface area contributed by atoms with Gasteiger partial charge in [0.05, 0.1) is 25.9 Å². The van der Waals surface area contributed by atoms with Crippen LogP contribution in [0, 0.1) is 0 Å². The van der Waals surface area contributed by atoms with Crippen LogP contribution < -0.4 is 19.7 Å². The standard InChI is InChI=1S/C20H24N2O4/c1-22-10-9-13-11-14(7-8-16(13)22)17(23)12-21-20(24)15-5-4-6-18(25-2)19(15)26-3/h4-8,11,17,23H,9-10,12H2,1-3H3,(H,21,24). The molecule has 0 saturated heterocycles.